The number of aryl methyl sites for hydroxylation is 1. The zero-order valence-electron chi connectivity index (χ0n) is 12.0. The lowest BCUT2D eigenvalue weighted by atomic mass is 10.0. The number of anilines is 2. The number of benzene rings is 1. The highest BCUT2D eigenvalue weighted by molar-refractivity contribution is 5.56. The van der Waals surface area contributed by atoms with Gasteiger partial charge in [-0.25, -0.2) is 0 Å². The second-order valence-electron chi connectivity index (χ2n) is 5.26. The van der Waals surface area contributed by atoms with Crippen molar-refractivity contribution in [3.63, 3.8) is 0 Å². The Morgan fingerprint density at radius 1 is 1.20 bits per heavy atom. The Hall–Kier alpha value is -2.03. The standard InChI is InChI=1S/C17H21N3/c1-2-19-16-10-17(12-18-11-16)20-9-5-8-14-6-3-4-7-15(14)13-20/h3-4,6-7,10-12,19H,2,5,8-9,13H2,1H3. The fraction of sp³-hybridized carbons (Fsp3) is 0.353. The topological polar surface area (TPSA) is 28.2 Å². The Labute approximate surface area is 120 Å². The van der Waals surface area contributed by atoms with Crippen molar-refractivity contribution in [3.8, 4) is 0 Å². The number of aromatic nitrogens is 1. The molecule has 20 heavy (non-hydrogen) atoms. The Morgan fingerprint density at radius 2 is 2.05 bits per heavy atom. The Morgan fingerprint density at radius 3 is 2.90 bits per heavy atom. The molecule has 0 atom stereocenters. The van der Waals surface area contributed by atoms with E-state index in [-0.39, 0.29) is 0 Å². The van der Waals surface area contributed by atoms with E-state index >= 15 is 0 Å². The molecule has 0 amide bonds. The van der Waals surface area contributed by atoms with E-state index in [1.54, 1.807) is 0 Å². The maximum atomic E-state index is 4.36. The molecule has 3 nitrogen and oxygen atoms in total. The van der Waals surface area contributed by atoms with Gasteiger partial charge in [-0.3, -0.25) is 4.98 Å². The van der Waals surface area contributed by atoms with Crippen molar-refractivity contribution >= 4 is 11.4 Å². The molecule has 1 aromatic carbocycles. The predicted octanol–water partition coefficient (Wildman–Crippen LogP) is 3.47. The van der Waals surface area contributed by atoms with E-state index in [4.69, 9.17) is 0 Å². The highest BCUT2D eigenvalue weighted by Gasteiger charge is 2.14. The lowest BCUT2D eigenvalue weighted by molar-refractivity contribution is 0.764. The fourth-order valence-corrected chi connectivity index (χ4v) is 2.82. The highest BCUT2D eigenvalue weighted by atomic mass is 15.1. The van der Waals surface area contributed by atoms with Gasteiger partial charge < -0.3 is 10.2 Å². The van der Waals surface area contributed by atoms with Crippen LogP contribution in [-0.4, -0.2) is 18.1 Å². The van der Waals surface area contributed by atoms with Gasteiger partial charge in [0.05, 0.1) is 23.8 Å². The van der Waals surface area contributed by atoms with Crippen molar-refractivity contribution in [3.05, 3.63) is 53.9 Å². The van der Waals surface area contributed by atoms with Crippen LogP contribution >= 0.6 is 0 Å². The summed E-state index contributed by atoms with van der Waals surface area (Å²) in [5, 5.41) is 3.33. The third kappa shape index (κ3) is 2.77. The van der Waals surface area contributed by atoms with Crippen LogP contribution in [0.2, 0.25) is 0 Å². The summed E-state index contributed by atoms with van der Waals surface area (Å²) >= 11 is 0. The van der Waals surface area contributed by atoms with Crippen molar-refractivity contribution in [2.24, 2.45) is 0 Å². The molecule has 0 fully saturated rings. The van der Waals surface area contributed by atoms with Gasteiger partial charge in [0.25, 0.3) is 0 Å². The predicted molar refractivity (Wildman–Crippen MR) is 84.2 cm³/mol. The monoisotopic (exact) mass is 267 g/mol. The molecule has 104 valence electrons. The molecular formula is C17H21N3. The number of nitrogens with one attached hydrogen (secondary N) is 1. The van der Waals surface area contributed by atoms with Crippen LogP contribution in [-0.2, 0) is 13.0 Å². The van der Waals surface area contributed by atoms with E-state index in [9.17, 15) is 0 Å². The molecule has 3 rings (SSSR count). The molecule has 0 aliphatic carbocycles. The van der Waals surface area contributed by atoms with Crippen molar-refractivity contribution in [1.82, 2.24) is 4.98 Å². The van der Waals surface area contributed by atoms with Crippen molar-refractivity contribution in [1.29, 1.82) is 0 Å². The molecule has 3 heteroatoms. The summed E-state index contributed by atoms with van der Waals surface area (Å²) in [6, 6.07) is 11.0. The quantitative estimate of drug-likeness (QED) is 0.923. The molecule has 1 N–H and O–H groups in total. The van der Waals surface area contributed by atoms with Crippen LogP contribution in [0.1, 0.15) is 24.5 Å². The molecule has 0 spiro atoms. The molecule has 1 aliphatic heterocycles. The van der Waals surface area contributed by atoms with Crippen molar-refractivity contribution in [2.75, 3.05) is 23.3 Å². The maximum absolute atomic E-state index is 4.36. The van der Waals surface area contributed by atoms with Gasteiger partial charge >= 0.3 is 0 Å². The first-order chi connectivity index (χ1) is 9.86. The molecule has 0 radical (unpaired) electrons. The summed E-state index contributed by atoms with van der Waals surface area (Å²) in [6.07, 6.45) is 6.23. The summed E-state index contributed by atoms with van der Waals surface area (Å²) in [6.45, 7) is 5.10. The summed E-state index contributed by atoms with van der Waals surface area (Å²) in [7, 11) is 0. The normalized spacial score (nSPS) is 14.6. The van der Waals surface area contributed by atoms with E-state index in [0.717, 1.165) is 25.3 Å². The fourth-order valence-electron chi connectivity index (χ4n) is 2.82. The second-order valence-corrected chi connectivity index (χ2v) is 5.26. The van der Waals surface area contributed by atoms with E-state index in [2.05, 4.69) is 52.5 Å². The van der Waals surface area contributed by atoms with Crippen LogP contribution in [0.5, 0.6) is 0 Å². The van der Waals surface area contributed by atoms with Gasteiger partial charge in [0, 0.05) is 19.6 Å². The van der Waals surface area contributed by atoms with E-state index in [0.29, 0.717) is 0 Å². The minimum absolute atomic E-state index is 0.925. The average Bonchev–Trinajstić information content (AvgIpc) is 2.70. The SMILES string of the molecule is CCNc1cncc(N2CCCc3ccccc3C2)c1. The number of pyridine rings is 1. The molecule has 0 bridgehead atoms. The Bertz CT molecular complexity index is 580. The van der Waals surface area contributed by atoms with Crippen LogP contribution in [0.15, 0.2) is 42.7 Å². The van der Waals surface area contributed by atoms with E-state index < -0.39 is 0 Å². The maximum Gasteiger partial charge on any atom is 0.0576 e. The first-order valence-electron chi connectivity index (χ1n) is 7.37. The van der Waals surface area contributed by atoms with Gasteiger partial charge in [0.2, 0.25) is 0 Å². The van der Waals surface area contributed by atoms with Crippen LogP contribution in [0.25, 0.3) is 0 Å². The molecule has 2 heterocycles. The Balaban J connectivity index is 1.85. The van der Waals surface area contributed by atoms with Gasteiger partial charge in [-0.05, 0) is 37.0 Å². The molecule has 0 saturated carbocycles. The zero-order valence-corrected chi connectivity index (χ0v) is 12.0. The minimum atomic E-state index is 0.925. The van der Waals surface area contributed by atoms with Gasteiger partial charge in [-0.1, -0.05) is 24.3 Å². The van der Waals surface area contributed by atoms with Crippen molar-refractivity contribution in [2.45, 2.75) is 26.3 Å². The lowest BCUT2D eigenvalue weighted by Crippen LogP contribution is -2.22. The molecule has 1 aliphatic rings. The van der Waals surface area contributed by atoms with Gasteiger partial charge in [-0.2, -0.15) is 0 Å². The number of fused-ring (bicyclic) bond motifs is 1. The van der Waals surface area contributed by atoms with E-state index in [1.165, 1.54) is 29.7 Å². The van der Waals surface area contributed by atoms with Crippen LogP contribution in [0, 0.1) is 0 Å². The van der Waals surface area contributed by atoms with E-state index in [1.807, 2.05) is 12.4 Å². The molecule has 0 unspecified atom stereocenters. The number of hydrogen-bond donors (Lipinski definition) is 1. The number of nitrogens with zero attached hydrogens (tertiary/aromatic N) is 2. The summed E-state index contributed by atoms with van der Waals surface area (Å²) in [5.74, 6) is 0. The lowest BCUT2D eigenvalue weighted by Gasteiger charge is -2.23. The van der Waals surface area contributed by atoms with Gasteiger partial charge in [0.1, 0.15) is 0 Å². The average molecular weight is 267 g/mol. The molecule has 2 aromatic rings. The third-order valence-electron chi connectivity index (χ3n) is 3.82. The molecule has 1 aromatic heterocycles. The largest absolute Gasteiger partial charge is 0.384 e. The Kier molecular flexibility index (Phi) is 3.86. The van der Waals surface area contributed by atoms with Crippen molar-refractivity contribution < 1.29 is 0 Å². The molecular weight excluding hydrogens is 246 g/mol. The summed E-state index contributed by atoms with van der Waals surface area (Å²) in [4.78, 5) is 6.79. The highest BCUT2D eigenvalue weighted by Crippen LogP contribution is 2.25. The second kappa shape index (κ2) is 5.95. The summed E-state index contributed by atoms with van der Waals surface area (Å²) in [5.41, 5.74) is 5.24. The zero-order chi connectivity index (χ0) is 13.8. The molecule has 0 saturated heterocycles. The van der Waals surface area contributed by atoms with Gasteiger partial charge in [-0.15, -0.1) is 0 Å². The first-order valence-corrected chi connectivity index (χ1v) is 7.37. The van der Waals surface area contributed by atoms with Crippen LogP contribution in [0.3, 0.4) is 0 Å². The van der Waals surface area contributed by atoms with Crippen LogP contribution < -0.4 is 10.2 Å². The van der Waals surface area contributed by atoms with Crippen LogP contribution in [0.4, 0.5) is 11.4 Å². The minimum Gasteiger partial charge on any atom is -0.384 e. The first kappa shape index (κ1) is 13.0. The third-order valence-corrected chi connectivity index (χ3v) is 3.82. The van der Waals surface area contributed by atoms with Gasteiger partial charge in [0.15, 0.2) is 0 Å². The smallest absolute Gasteiger partial charge is 0.0576 e. The number of hydrogen-bond acceptors (Lipinski definition) is 3. The summed E-state index contributed by atoms with van der Waals surface area (Å²) < 4.78 is 0. The number of rotatable bonds is 3.